The lowest BCUT2D eigenvalue weighted by atomic mass is 10.1. The van der Waals surface area contributed by atoms with Gasteiger partial charge in [0.25, 0.3) is 0 Å². The van der Waals surface area contributed by atoms with Gasteiger partial charge in [0.1, 0.15) is 0 Å². The average Bonchev–Trinajstić information content (AvgIpc) is 2.92. The third-order valence-corrected chi connectivity index (χ3v) is 3.75. The van der Waals surface area contributed by atoms with E-state index in [1.165, 1.54) is 12.0 Å². The molecule has 0 saturated carbocycles. The van der Waals surface area contributed by atoms with Crippen LogP contribution in [0.25, 0.3) is 0 Å². The van der Waals surface area contributed by atoms with Crippen molar-refractivity contribution < 1.29 is 0 Å². The average molecular weight is 254 g/mol. The summed E-state index contributed by atoms with van der Waals surface area (Å²) in [6.45, 7) is 1.05. The second-order valence-electron chi connectivity index (χ2n) is 4.95. The van der Waals surface area contributed by atoms with Crippen molar-refractivity contribution in [3.05, 3.63) is 48.3 Å². The first-order chi connectivity index (χ1) is 9.25. The summed E-state index contributed by atoms with van der Waals surface area (Å²) in [7, 11) is 0. The van der Waals surface area contributed by atoms with Crippen LogP contribution in [0.4, 0.5) is 17.1 Å². The molecule has 0 spiro atoms. The molecule has 19 heavy (non-hydrogen) atoms. The van der Waals surface area contributed by atoms with Crippen molar-refractivity contribution in [3.8, 4) is 0 Å². The molecule has 4 N–H and O–H groups in total. The van der Waals surface area contributed by atoms with Crippen LogP contribution in [0.1, 0.15) is 24.4 Å². The molecule has 2 aromatic rings. The molecule has 3 rings (SSSR count). The lowest BCUT2D eigenvalue weighted by molar-refractivity contribution is 0.718. The highest BCUT2D eigenvalue weighted by molar-refractivity contribution is 5.70. The molecule has 0 radical (unpaired) electrons. The first-order valence-corrected chi connectivity index (χ1v) is 6.57. The second-order valence-corrected chi connectivity index (χ2v) is 4.95. The molecule has 2 heterocycles. The van der Waals surface area contributed by atoms with Crippen LogP contribution in [0.15, 0.2) is 42.7 Å². The topological polar surface area (TPSA) is 68.2 Å². The normalized spacial score (nSPS) is 18.7. The van der Waals surface area contributed by atoms with Gasteiger partial charge >= 0.3 is 0 Å². The predicted octanol–water partition coefficient (Wildman–Crippen LogP) is 2.59. The molecule has 1 unspecified atom stereocenters. The molecule has 1 fully saturated rings. The number of nitrogens with zero attached hydrogens (tertiary/aromatic N) is 2. The van der Waals surface area contributed by atoms with E-state index in [1.807, 2.05) is 30.6 Å². The van der Waals surface area contributed by atoms with E-state index in [4.69, 9.17) is 11.5 Å². The highest BCUT2D eigenvalue weighted by Gasteiger charge is 2.26. The van der Waals surface area contributed by atoms with Crippen molar-refractivity contribution in [2.24, 2.45) is 0 Å². The van der Waals surface area contributed by atoms with E-state index in [0.717, 1.165) is 18.7 Å². The summed E-state index contributed by atoms with van der Waals surface area (Å²) in [5, 5.41) is 0. The first kappa shape index (κ1) is 11.8. The fourth-order valence-electron chi connectivity index (χ4n) is 2.75. The van der Waals surface area contributed by atoms with E-state index in [-0.39, 0.29) is 0 Å². The summed E-state index contributed by atoms with van der Waals surface area (Å²) in [6, 6.07) is 10.5. The maximum Gasteiger partial charge on any atom is 0.0568 e. The number of hydrogen-bond donors (Lipinski definition) is 2. The number of rotatable bonds is 2. The molecule has 4 nitrogen and oxygen atoms in total. The highest BCUT2D eigenvalue weighted by atomic mass is 15.2. The molecule has 1 aromatic carbocycles. The molecule has 1 aromatic heterocycles. The fourth-order valence-corrected chi connectivity index (χ4v) is 2.75. The maximum atomic E-state index is 5.91. The summed E-state index contributed by atoms with van der Waals surface area (Å²) in [5.74, 6) is 0. The van der Waals surface area contributed by atoms with Gasteiger partial charge in [0, 0.05) is 24.6 Å². The van der Waals surface area contributed by atoms with Crippen molar-refractivity contribution in [1.29, 1.82) is 0 Å². The van der Waals surface area contributed by atoms with Crippen LogP contribution in [-0.4, -0.2) is 11.5 Å². The summed E-state index contributed by atoms with van der Waals surface area (Å²) in [5.41, 5.74) is 15.4. The molecule has 0 aliphatic carbocycles. The zero-order valence-electron chi connectivity index (χ0n) is 10.8. The van der Waals surface area contributed by atoms with Crippen molar-refractivity contribution >= 4 is 17.1 Å². The quantitative estimate of drug-likeness (QED) is 0.808. The Labute approximate surface area is 113 Å². The van der Waals surface area contributed by atoms with E-state index < -0.39 is 0 Å². The minimum atomic E-state index is 0.408. The van der Waals surface area contributed by atoms with Gasteiger partial charge in [-0.05, 0) is 48.7 Å². The molecule has 1 aliphatic heterocycles. The Morgan fingerprint density at radius 3 is 2.58 bits per heavy atom. The molecule has 98 valence electrons. The predicted molar refractivity (Wildman–Crippen MR) is 78.8 cm³/mol. The van der Waals surface area contributed by atoms with Gasteiger partial charge < -0.3 is 16.4 Å². The number of benzene rings is 1. The Morgan fingerprint density at radius 2 is 1.84 bits per heavy atom. The van der Waals surface area contributed by atoms with E-state index in [1.54, 1.807) is 0 Å². The minimum Gasteiger partial charge on any atom is -0.397 e. The third kappa shape index (κ3) is 2.21. The molecule has 1 aliphatic rings. The first-order valence-electron chi connectivity index (χ1n) is 6.57. The maximum absolute atomic E-state index is 5.91. The summed E-state index contributed by atoms with van der Waals surface area (Å²) in [4.78, 5) is 6.48. The Balaban J connectivity index is 1.93. The summed E-state index contributed by atoms with van der Waals surface area (Å²) in [6.07, 6.45) is 6.05. The van der Waals surface area contributed by atoms with Crippen molar-refractivity contribution in [2.75, 3.05) is 22.9 Å². The number of nitrogens with two attached hydrogens (primary N) is 2. The Bertz CT molecular complexity index is 568. The van der Waals surface area contributed by atoms with E-state index in [2.05, 4.69) is 22.0 Å². The number of anilines is 3. The largest absolute Gasteiger partial charge is 0.397 e. The van der Waals surface area contributed by atoms with E-state index in [9.17, 15) is 0 Å². The zero-order valence-corrected chi connectivity index (χ0v) is 10.8. The van der Waals surface area contributed by atoms with E-state index >= 15 is 0 Å². The standard InChI is InChI=1S/C15H18N4/c16-13-4-3-12(10-14(13)17)19-9-1-2-15(19)11-5-7-18-8-6-11/h3-8,10,15H,1-2,9,16-17H2. The van der Waals surface area contributed by atoms with Crippen LogP contribution < -0.4 is 16.4 Å². The lowest BCUT2D eigenvalue weighted by Gasteiger charge is -2.27. The Morgan fingerprint density at radius 1 is 1.05 bits per heavy atom. The molecule has 0 bridgehead atoms. The minimum absolute atomic E-state index is 0.408. The molecule has 0 amide bonds. The fraction of sp³-hybridized carbons (Fsp3) is 0.267. The van der Waals surface area contributed by atoms with Crippen LogP contribution in [0.3, 0.4) is 0 Å². The summed E-state index contributed by atoms with van der Waals surface area (Å²) < 4.78 is 0. The van der Waals surface area contributed by atoms with Crippen LogP contribution in [0, 0.1) is 0 Å². The molecular formula is C15H18N4. The van der Waals surface area contributed by atoms with Crippen LogP contribution >= 0.6 is 0 Å². The van der Waals surface area contributed by atoms with Gasteiger partial charge in [-0.1, -0.05) is 0 Å². The lowest BCUT2D eigenvalue weighted by Crippen LogP contribution is -2.22. The smallest absolute Gasteiger partial charge is 0.0568 e. The SMILES string of the molecule is Nc1ccc(N2CCCC2c2ccncc2)cc1N. The summed E-state index contributed by atoms with van der Waals surface area (Å²) >= 11 is 0. The van der Waals surface area contributed by atoms with Gasteiger partial charge in [-0.2, -0.15) is 0 Å². The molecular weight excluding hydrogens is 236 g/mol. The number of hydrogen-bond acceptors (Lipinski definition) is 4. The Hall–Kier alpha value is -2.23. The molecule has 4 heteroatoms. The van der Waals surface area contributed by atoms with E-state index in [0.29, 0.717) is 17.4 Å². The molecule has 1 saturated heterocycles. The van der Waals surface area contributed by atoms with Crippen molar-refractivity contribution in [1.82, 2.24) is 4.98 Å². The van der Waals surface area contributed by atoms with Crippen LogP contribution in [0.5, 0.6) is 0 Å². The van der Waals surface area contributed by atoms with Gasteiger partial charge in [-0.15, -0.1) is 0 Å². The van der Waals surface area contributed by atoms with Gasteiger partial charge in [-0.25, -0.2) is 0 Å². The number of nitrogen functional groups attached to an aromatic ring is 2. The zero-order chi connectivity index (χ0) is 13.2. The van der Waals surface area contributed by atoms with Crippen molar-refractivity contribution in [2.45, 2.75) is 18.9 Å². The Kier molecular flexibility index (Phi) is 2.99. The van der Waals surface area contributed by atoms with Gasteiger partial charge in [0.05, 0.1) is 17.4 Å². The monoisotopic (exact) mass is 254 g/mol. The second kappa shape index (κ2) is 4.80. The number of pyridine rings is 1. The number of aromatic nitrogens is 1. The highest BCUT2D eigenvalue weighted by Crippen LogP contribution is 2.37. The van der Waals surface area contributed by atoms with Crippen LogP contribution in [0.2, 0.25) is 0 Å². The molecule has 1 atom stereocenters. The van der Waals surface area contributed by atoms with Gasteiger partial charge in [0.15, 0.2) is 0 Å². The van der Waals surface area contributed by atoms with Crippen molar-refractivity contribution in [3.63, 3.8) is 0 Å². The van der Waals surface area contributed by atoms with Crippen LogP contribution in [-0.2, 0) is 0 Å². The van der Waals surface area contributed by atoms with Gasteiger partial charge in [0.2, 0.25) is 0 Å². The van der Waals surface area contributed by atoms with Gasteiger partial charge in [-0.3, -0.25) is 4.98 Å². The third-order valence-electron chi connectivity index (χ3n) is 3.75.